The van der Waals surface area contributed by atoms with Gasteiger partial charge in [-0.1, -0.05) is 0 Å². The van der Waals surface area contributed by atoms with Crippen molar-refractivity contribution in [3.8, 4) is 0 Å². The van der Waals surface area contributed by atoms with Gasteiger partial charge in [-0.3, -0.25) is 4.68 Å². The van der Waals surface area contributed by atoms with E-state index in [2.05, 4.69) is 27.7 Å². The van der Waals surface area contributed by atoms with Crippen LogP contribution in [0.3, 0.4) is 0 Å². The fourth-order valence-corrected chi connectivity index (χ4v) is 1.30. The van der Waals surface area contributed by atoms with Crippen LogP contribution in [0.15, 0.2) is 0 Å². The van der Waals surface area contributed by atoms with Crippen molar-refractivity contribution in [2.45, 2.75) is 6.92 Å². The van der Waals surface area contributed by atoms with Crippen molar-refractivity contribution in [2.24, 2.45) is 7.05 Å². The standard InChI is InChI=1S/C5H8IN3/c1-3-4(7)5(6)8-9(3)2/h7H2,1-2H3. The van der Waals surface area contributed by atoms with E-state index in [4.69, 9.17) is 5.73 Å². The molecular formula is C5H8IN3. The van der Waals surface area contributed by atoms with E-state index < -0.39 is 0 Å². The number of nitrogen functional groups attached to an aromatic ring is 1. The first kappa shape index (κ1) is 6.85. The van der Waals surface area contributed by atoms with Crippen molar-refractivity contribution in [2.75, 3.05) is 5.73 Å². The second-order valence-electron chi connectivity index (χ2n) is 1.91. The molecule has 1 aromatic rings. The molecule has 9 heavy (non-hydrogen) atoms. The maximum absolute atomic E-state index is 5.61. The first-order chi connectivity index (χ1) is 4.13. The van der Waals surface area contributed by atoms with Gasteiger partial charge in [0, 0.05) is 7.05 Å². The Balaban J connectivity index is 3.29. The zero-order valence-electron chi connectivity index (χ0n) is 5.35. The van der Waals surface area contributed by atoms with Crippen LogP contribution in [-0.2, 0) is 7.05 Å². The predicted octanol–water partition coefficient (Wildman–Crippen LogP) is 0.915. The van der Waals surface area contributed by atoms with Gasteiger partial charge in [0.1, 0.15) is 3.70 Å². The summed E-state index contributed by atoms with van der Waals surface area (Å²) in [5, 5.41) is 4.09. The smallest absolute Gasteiger partial charge is 0.146 e. The summed E-state index contributed by atoms with van der Waals surface area (Å²) in [6, 6.07) is 0. The summed E-state index contributed by atoms with van der Waals surface area (Å²) in [5.74, 6) is 0. The fourth-order valence-electron chi connectivity index (χ4n) is 0.584. The SMILES string of the molecule is Cc1c(N)c(I)nn1C. The Kier molecular flexibility index (Phi) is 1.65. The van der Waals surface area contributed by atoms with Gasteiger partial charge in [-0.15, -0.1) is 0 Å². The number of nitrogens with two attached hydrogens (primary N) is 1. The number of hydrogen-bond acceptors (Lipinski definition) is 2. The van der Waals surface area contributed by atoms with E-state index in [1.54, 1.807) is 4.68 Å². The van der Waals surface area contributed by atoms with Crippen LogP contribution in [-0.4, -0.2) is 9.78 Å². The highest BCUT2D eigenvalue weighted by atomic mass is 127. The molecule has 1 rings (SSSR count). The van der Waals surface area contributed by atoms with E-state index in [1.165, 1.54) is 0 Å². The fraction of sp³-hybridized carbons (Fsp3) is 0.400. The average Bonchev–Trinajstić information content (AvgIpc) is 1.98. The number of aromatic nitrogens is 2. The van der Waals surface area contributed by atoms with Crippen LogP contribution in [0, 0.1) is 10.6 Å². The van der Waals surface area contributed by atoms with E-state index in [9.17, 15) is 0 Å². The molecule has 0 saturated carbocycles. The highest BCUT2D eigenvalue weighted by molar-refractivity contribution is 14.1. The Morgan fingerprint density at radius 1 is 1.67 bits per heavy atom. The van der Waals surface area contributed by atoms with Gasteiger partial charge in [0.25, 0.3) is 0 Å². The molecule has 3 nitrogen and oxygen atoms in total. The Bertz CT molecular complexity index is 206. The minimum absolute atomic E-state index is 0.790. The van der Waals surface area contributed by atoms with Crippen LogP contribution >= 0.6 is 22.6 Å². The average molecular weight is 237 g/mol. The van der Waals surface area contributed by atoms with Crippen molar-refractivity contribution in [3.05, 3.63) is 9.39 Å². The Morgan fingerprint density at radius 2 is 2.22 bits per heavy atom. The van der Waals surface area contributed by atoms with Gasteiger partial charge in [0.15, 0.2) is 0 Å². The quantitative estimate of drug-likeness (QED) is 0.681. The van der Waals surface area contributed by atoms with Crippen LogP contribution in [0.4, 0.5) is 5.69 Å². The molecule has 0 aromatic carbocycles. The lowest BCUT2D eigenvalue weighted by Crippen LogP contribution is -1.93. The molecular weight excluding hydrogens is 229 g/mol. The molecule has 2 N–H and O–H groups in total. The van der Waals surface area contributed by atoms with Crippen molar-refractivity contribution >= 4 is 28.3 Å². The summed E-state index contributed by atoms with van der Waals surface area (Å²) >= 11 is 2.11. The lowest BCUT2D eigenvalue weighted by atomic mass is 10.4. The molecule has 0 unspecified atom stereocenters. The van der Waals surface area contributed by atoms with E-state index >= 15 is 0 Å². The molecule has 0 aliphatic carbocycles. The Morgan fingerprint density at radius 3 is 2.33 bits per heavy atom. The lowest BCUT2D eigenvalue weighted by molar-refractivity contribution is 0.734. The van der Waals surface area contributed by atoms with Crippen molar-refractivity contribution < 1.29 is 0 Å². The largest absolute Gasteiger partial charge is 0.395 e. The van der Waals surface area contributed by atoms with Crippen LogP contribution in [0.5, 0.6) is 0 Å². The minimum Gasteiger partial charge on any atom is -0.395 e. The maximum Gasteiger partial charge on any atom is 0.146 e. The Hall–Kier alpha value is -0.260. The second-order valence-corrected chi connectivity index (χ2v) is 2.94. The maximum atomic E-state index is 5.61. The van der Waals surface area contributed by atoms with Crippen molar-refractivity contribution in [3.63, 3.8) is 0 Å². The number of nitrogens with zero attached hydrogens (tertiary/aromatic N) is 2. The van der Waals surface area contributed by atoms with E-state index in [0.717, 1.165) is 15.1 Å². The molecule has 0 amide bonds. The first-order valence-electron chi connectivity index (χ1n) is 2.57. The molecule has 50 valence electrons. The number of rotatable bonds is 0. The summed E-state index contributed by atoms with van der Waals surface area (Å²) in [4.78, 5) is 0. The third kappa shape index (κ3) is 1.03. The molecule has 0 saturated heterocycles. The van der Waals surface area contributed by atoms with Crippen LogP contribution < -0.4 is 5.73 Å². The summed E-state index contributed by atoms with van der Waals surface area (Å²) in [7, 11) is 1.88. The van der Waals surface area contributed by atoms with Gasteiger partial charge in [-0.25, -0.2) is 0 Å². The highest BCUT2D eigenvalue weighted by Gasteiger charge is 2.04. The first-order valence-corrected chi connectivity index (χ1v) is 3.65. The Labute approximate surface area is 67.4 Å². The zero-order valence-corrected chi connectivity index (χ0v) is 7.51. The number of halogens is 1. The van der Waals surface area contributed by atoms with Crippen molar-refractivity contribution in [1.82, 2.24) is 9.78 Å². The highest BCUT2D eigenvalue weighted by Crippen LogP contribution is 2.15. The normalized spacial score (nSPS) is 10.1. The van der Waals surface area contributed by atoms with E-state index in [0.29, 0.717) is 0 Å². The third-order valence-electron chi connectivity index (χ3n) is 1.34. The second kappa shape index (κ2) is 2.17. The predicted molar refractivity (Wildman–Crippen MR) is 45.1 cm³/mol. The van der Waals surface area contributed by atoms with Gasteiger partial charge in [-0.05, 0) is 29.5 Å². The summed E-state index contributed by atoms with van der Waals surface area (Å²) in [6.45, 7) is 1.95. The van der Waals surface area contributed by atoms with Crippen LogP contribution in [0.25, 0.3) is 0 Å². The topological polar surface area (TPSA) is 43.8 Å². The van der Waals surface area contributed by atoms with E-state index in [1.807, 2.05) is 14.0 Å². The molecule has 0 radical (unpaired) electrons. The monoisotopic (exact) mass is 237 g/mol. The summed E-state index contributed by atoms with van der Waals surface area (Å²) < 4.78 is 2.66. The van der Waals surface area contributed by atoms with Gasteiger partial charge < -0.3 is 5.73 Å². The molecule has 4 heteroatoms. The van der Waals surface area contributed by atoms with Crippen molar-refractivity contribution in [1.29, 1.82) is 0 Å². The minimum atomic E-state index is 0.790. The van der Waals surface area contributed by atoms with Gasteiger partial charge in [0.05, 0.1) is 11.4 Å². The van der Waals surface area contributed by atoms with Gasteiger partial charge in [-0.2, -0.15) is 5.10 Å². The molecule has 0 bridgehead atoms. The molecule has 1 aromatic heterocycles. The molecule has 0 fully saturated rings. The van der Waals surface area contributed by atoms with Crippen LogP contribution in [0.2, 0.25) is 0 Å². The number of anilines is 1. The molecule has 0 atom stereocenters. The van der Waals surface area contributed by atoms with Gasteiger partial charge >= 0.3 is 0 Å². The van der Waals surface area contributed by atoms with Gasteiger partial charge in [0.2, 0.25) is 0 Å². The number of aryl methyl sites for hydroxylation is 1. The molecule has 0 aliphatic heterocycles. The van der Waals surface area contributed by atoms with E-state index in [-0.39, 0.29) is 0 Å². The lowest BCUT2D eigenvalue weighted by Gasteiger charge is -1.90. The summed E-state index contributed by atoms with van der Waals surface area (Å²) in [6.07, 6.45) is 0. The van der Waals surface area contributed by atoms with Crippen LogP contribution in [0.1, 0.15) is 5.69 Å². The third-order valence-corrected chi connectivity index (χ3v) is 2.13. The molecule has 1 heterocycles. The summed E-state index contributed by atoms with van der Waals surface area (Å²) in [5.41, 5.74) is 7.43. The molecule has 0 spiro atoms. The molecule has 0 aliphatic rings. The number of hydrogen-bond donors (Lipinski definition) is 1. The zero-order chi connectivity index (χ0) is 7.02.